The number of aliphatic hydroxyl groups excluding tert-OH is 1. The van der Waals surface area contributed by atoms with Gasteiger partial charge in [0.25, 0.3) is 0 Å². The van der Waals surface area contributed by atoms with Crippen molar-refractivity contribution in [1.29, 1.82) is 0 Å². The van der Waals surface area contributed by atoms with Gasteiger partial charge in [-0.3, -0.25) is 4.79 Å². The Morgan fingerprint density at radius 3 is 2.78 bits per heavy atom. The van der Waals surface area contributed by atoms with E-state index in [4.69, 9.17) is 14.9 Å². The first kappa shape index (κ1) is 14.7. The molecule has 1 aliphatic heterocycles. The van der Waals surface area contributed by atoms with Crippen molar-refractivity contribution in [2.45, 2.75) is 25.5 Å². The Bertz CT molecular complexity index is 310. The number of rotatable bonds is 4. The first-order valence-corrected chi connectivity index (χ1v) is 5.91. The standard InChI is InChI=1S/C11H20N2O5/c1-8(7-14)12(2)11(17)13-3-4-18-9(6-13)5-10(15)16/h8-9,14H,3-7H2,1-2H3,(H,15,16). The lowest BCUT2D eigenvalue weighted by atomic mass is 10.2. The first-order chi connectivity index (χ1) is 8.45. The number of carboxylic acid groups (broad SMARTS) is 1. The normalized spacial score (nSPS) is 21.5. The van der Waals surface area contributed by atoms with Gasteiger partial charge in [-0.2, -0.15) is 0 Å². The summed E-state index contributed by atoms with van der Waals surface area (Å²) in [6.45, 7) is 2.69. The van der Waals surface area contributed by atoms with E-state index in [0.717, 1.165) is 0 Å². The number of urea groups is 1. The minimum atomic E-state index is -0.939. The topological polar surface area (TPSA) is 90.3 Å². The molecule has 2 N–H and O–H groups in total. The molecule has 0 bridgehead atoms. The number of amides is 2. The van der Waals surface area contributed by atoms with Gasteiger partial charge in [0, 0.05) is 20.1 Å². The van der Waals surface area contributed by atoms with Crippen LogP contribution in [0.1, 0.15) is 13.3 Å². The minimum Gasteiger partial charge on any atom is -0.481 e. The van der Waals surface area contributed by atoms with Gasteiger partial charge in [0.05, 0.1) is 31.8 Å². The van der Waals surface area contributed by atoms with E-state index in [2.05, 4.69) is 0 Å². The molecule has 1 saturated heterocycles. The highest BCUT2D eigenvalue weighted by molar-refractivity contribution is 5.75. The molecule has 7 nitrogen and oxygen atoms in total. The van der Waals surface area contributed by atoms with Crippen molar-refractivity contribution in [3.05, 3.63) is 0 Å². The summed E-state index contributed by atoms with van der Waals surface area (Å²) < 4.78 is 5.29. The second-order valence-electron chi connectivity index (χ2n) is 4.46. The number of aliphatic hydroxyl groups is 1. The van der Waals surface area contributed by atoms with Gasteiger partial charge < -0.3 is 24.7 Å². The number of hydrogen-bond donors (Lipinski definition) is 2. The van der Waals surface area contributed by atoms with Crippen molar-refractivity contribution >= 4 is 12.0 Å². The Morgan fingerprint density at radius 1 is 1.56 bits per heavy atom. The van der Waals surface area contributed by atoms with Crippen LogP contribution in [0.4, 0.5) is 4.79 Å². The van der Waals surface area contributed by atoms with E-state index in [1.165, 1.54) is 4.90 Å². The Labute approximate surface area is 106 Å². The van der Waals surface area contributed by atoms with E-state index in [1.54, 1.807) is 18.9 Å². The third-order valence-electron chi connectivity index (χ3n) is 3.04. The molecule has 2 amide bonds. The highest BCUT2D eigenvalue weighted by atomic mass is 16.5. The average molecular weight is 260 g/mol. The van der Waals surface area contributed by atoms with Gasteiger partial charge in [-0.1, -0.05) is 0 Å². The highest BCUT2D eigenvalue weighted by Crippen LogP contribution is 2.11. The molecule has 0 aliphatic carbocycles. The maximum atomic E-state index is 12.1. The predicted octanol–water partition coefficient (Wildman–Crippen LogP) is -0.405. The summed E-state index contributed by atoms with van der Waals surface area (Å²) in [6.07, 6.45) is -0.568. The van der Waals surface area contributed by atoms with Crippen LogP contribution in [0.25, 0.3) is 0 Å². The van der Waals surface area contributed by atoms with Gasteiger partial charge in [-0.15, -0.1) is 0 Å². The molecule has 18 heavy (non-hydrogen) atoms. The van der Waals surface area contributed by atoms with Gasteiger partial charge in [0.1, 0.15) is 0 Å². The van der Waals surface area contributed by atoms with E-state index in [0.29, 0.717) is 13.2 Å². The Balaban J connectivity index is 2.55. The molecule has 0 saturated carbocycles. The van der Waals surface area contributed by atoms with Crippen LogP contribution >= 0.6 is 0 Å². The van der Waals surface area contributed by atoms with Crippen LogP contribution in [0.5, 0.6) is 0 Å². The van der Waals surface area contributed by atoms with Crippen LogP contribution < -0.4 is 0 Å². The fourth-order valence-electron chi connectivity index (χ4n) is 1.75. The Kier molecular flexibility index (Phi) is 5.36. The summed E-state index contributed by atoms with van der Waals surface area (Å²) in [5.41, 5.74) is 0. The molecule has 0 radical (unpaired) electrons. The lowest BCUT2D eigenvalue weighted by molar-refractivity contribution is -0.141. The minimum absolute atomic E-state index is 0.106. The zero-order valence-electron chi connectivity index (χ0n) is 10.7. The summed E-state index contributed by atoms with van der Waals surface area (Å²) in [7, 11) is 1.62. The molecule has 0 aromatic heterocycles. The lowest BCUT2D eigenvalue weighted by Crippen LogP contribution is -2.52. The number of aliphatic carboxylic acids is 1. The number of nitrogens with zero attached hydrogens (tertiary/aromatic N) is 2. The van der Waals surface area contributed by atoms with Crippen molar-refractivity contribution in [1.82, 2.24) is 9.80 Å². The van der Waals surface area contributed by atoms with E-state index in [9.17, 15) is 9.59 Å². The zero-order valence-corrected chi connectivity index (χ0v) is 10.7. The third-order valence-corrected chi connectivity index (χ3v) is 3.04. The van der Waals surface area contributed by atoms with Crippen molar-refractivity contribution < 1.29 is 24.5 Å². The number of hydrogen-bond acceptors (Lipinski definition) is 4. The van der Waals surface area contributed by atoms with E-state index >= 15 is 0 Å². The van der Waals surface area contributed by atoms with Crippen LogP contribution in [-0.2, 0) is 9.53 Å². The van der Waals surface area contributed by atoms with E-state index in [1.807, 2.05) is 0 Å². The third kappa shape index (κ3) is 3.85. The summed E-state index contributed by atoms with van der Waals surface area (Å²) in [4.78, 5) is 25.7. The maximum Gasteiger partial charge on any atom is 0.320 e. The van der Waals surface area contributed by atoms with Crippen LogP contribution in [0.2, 0.25) is 0 Å². The fourth-order valence-corrected chi connectivity index (χ4v) is 1.75. The van der Waals surface area contributed by atoms with E-state index < -0.39 is 12.1 Å². The van der Waals surface area contributed by atoms with E-state index in [-0.39, 0.29) is 31.6 Å². The summed E-state index contributed by atoms with van der Waals surface area (Å²) >= 11 is 0. The number of carboxylic acids is 1. The van der Waals surface area contributed by atoms with Gasteiger partial charge in [0.15, 0.2) is 0 Å². The highest BCUT2D eigenvalue weighted by Gasteiger charge is 2.28. The van der Waals surface area contributed by atoms with Gasteiger partial charge in [0.2, 0.25) is 0 Å². The van der Waals surface area contributed by atoms with Crippen molar-refractivity contribution in [2.24, 2.45) is 0 Å². The van der Waals surface area contributed by atoms with Crippen molar-refractivity contribution in [3.8, 4) is 0 Å². The fraction of sp³-hybridized carbons (Fsp3) is 0.818. The molecule has 0 aromatic rings. The number of ether oxygens (including phenoxy) is 1. The van der Waals surface area contributed by atoms with Gasteiger partial charge >= 0.3 is 12.0 Å². The van der Waals surface area contributed by atoms with Crippen molar-refractivity contribution in [2.75, 3.05) is 33.4 Å². The van der Waals surface area contributed by atoms with Gasteiger partial charge in [-0.25, -0.2) is 4.79 Å². The number of carbonyl (C=O) groups is 2. The smallest absolute Gasteiger partial charge is 0.320 e. The second-order valence-corrected chi connectivity index (χ2v) is 4.46. The molecular formula is C11H20N2O5. The molecule has 104 valence electrons. The van der Waals surface area contributed by atoms with Crippen LogP contribution in [0, 0.1) is 0 Å². The molecule has 0 spiro atoms. The number of carbonyl (C=O) groups excluding carboxylic acids is 1. The SMILES string of the molecule is CC(CO)N(C)C(=O)N1CCOC(CC(=O)O)C1. The molecular weight excluding hydrogens is 240 g/mol. The molecule has 2 atom stereocenters. The quantitative estimate of drug-likeness (QED) is 0.717. The lowest BCUT2D eigenvalue weighted by Gasteiger charge is -2.36. The molecule has 1 rings (SSSR count). The number of morpholine rings is 1. The molecule has 1 heterocycles. The molecule has 1 aliphatic rings. The summed E-state index contributed by atoms with van der Waals surface area (Å²) in [5, 5.41) is 17.7. The molecule has 2 unspecified atom stereocenters. The summed E-state index contributed by atoms with van der Waals surface area (Å²) in [6, 6.07) is -0.478. The second kappa shape index (κ2) is 6.55. The Hall–Kier alpha value is -1.34. The van der Waals surface area contributed by atoms with Crippen LogP contribution in [0.3, 0.4) is 0 Å². The monoisotopic (exact) mass is 260 g/mol. The van der Waals surface area contributed by atoms with Gasteiger partial charge in [-0.05, 0) is 6.92 Å². The predicted molar refractivity (Wildman–Crippen MR) is 63.3 cm³/mol. The largest absolute Gasteiger partial charge is 0.481 e. The first-order valence-electron chi connectivity index (χ1n) is 5.91. The maximum absolute atomic E-state index is 12.1. The Morgan fingerprint density at radius 2 is 2.22 bits per heavy atom. The van der Waals surface area contributed by atoms with Crippen LogP contribution in [-0.4, -0.2) is 77.5 Å². The number of likely N-dealkylation sites (N-methyl/N-ethyl adjacent to an activating group) is 1. The zero-order chi connectivity index (χ0) is 13.7. The molecule has 7 heteroatoms. The summed E-state index contributed by atoms with van der Waals surface area (Å²) in [5.74, 6) is -0.939. The average Bonchev–Trinajstić information content (AvgIpc) is 2.35. The van der Waals surface area contributed by atoms with Crippen molar-refractivity contribution in [3.63, 3.8) is 0 Å². The molecule has 0 aromatic carbocycles. The van der Waals surface area contributed by atoms with Crippen LogP contribution in [0.15, 0.2) is 0 Å². The molecule has 1 fully saturated rings.